The molecule has 0 spiro atoms. The summed E-state index contributed by atoms with van der Waals surface area (Å²) in [6, 6.07) is 8.50. The molecule has 0 amide bonds. The number of allylic oxidation sites excluding steroid dienone is 3. The van der Waals surface area contributed by atoms with Gasteiger partial charge in [-0.2, -0.15) is 12.1 Å². The van der Waals surface area contributed by atoms with Crippen LogP contribution in [0.15, 0.2) is 61.3 Å². The molecule has 1 aromatic carbocycles. The van der Waals surface area contributed by atoms with E-state index in [1.54, 1.807) is 20.8 Å². The Labute approximate surface area is 159 Å². The molecule has 0 aliphatic rings. The summed E-state index contributed by atoms with van der Waals surface area (Å²) >= 11 is 0. The van der Waals surface area contributed by atoms with Gasteiger partial charge in [-0.3, -0.25) is 0 Å². The fraction of sp³-hybridized carbons (Fsp3) is 0.222. The van der Waals surface area contributed by atoms with Gasteiger partial charge in [0.1, 0.15) is 0 Å². The maximum atomic E-state index is 5.81. The van der Waals surface area contributed by atoms with E-state index in [-0.39, 0.29) is 43.3 Å². The van der Waals surface area contributed by atoms with Crippen molar-refractivity contribution in [2.45, 2.75) is 26.8 Å². The average molecular weight is 518 g/mol. The van der Waals surface area contributed by atoms with Crippen LogP contribution in [-0.2, 0) is 40.4 Å². The third-order valence-electron chi connectivity index (χ3n) is 2.14. The minimum Gasteiger partial charge on any atom is -0.489 e. The van der Waals surface area contributed by atoms with Gasteiger partial charge in [0.25, 0.3) is 0 Å². The summed E-state index contributed by atoms with van der Waals surface area (Å²) in [6.07, 6.45) is 0. The third-order valence-corrected chi connectivity index (χ3v) is 4.96. The quantitative estimate of drug-likeness (QED) is 0.262. The second-order valence-electron chi connectivity index (χ2n) is 4.57. The zero-order chi connectivity index (χ0) is 14.5. The van der Waals surface area contributed by atoms with E-state index in [2.05, 4.69) is 19.7 Å². The van der Waals surface area contributed by atoms with Gasteiger partial charge in [0, 0.05) is 6.04 Å². The molecule has 0 aliphatic carbocycles. The van der Waals surface area contributed by atoms with Crippen LogP contribution in [0.5, 0.6) is 0 Å². The Bertz CT molecular complexity index is 426. The molecule has 23 heavy (non-hydrogen) atoms. The van der Waals surface area contributed by atoms with Crippen LogP contribution in [0.2, 0.25) is 0 Å². The topological polar surface area (TPSA) is 27.7 Å². The van der Waals surface area contributed by atoms with E-state index in [4.69, 9.17) is 13.3 Å². The molecule has 5 heteroatoms. The average Bonchev–Trinajstić information content (AvgIpc) is 2.65. The van der Waals surface area contributed by atoms with Crippen molar-refractivity contribution in [1.82, 2.24) is 0 Å². The molecule has 0 fully saturated rings. The van der Waals surface area contributed by atoms with Gasteiger partial charge in [0.05, 0.1) is 17.3 Å². The zero-order valence-corrected chi connectivity index (χ0v) is 18.5. The Morgan fingerprint density at radius 1 is 0.826 bits per heavy atom. The monoisotopic (exact) mass is 517 g/mol. The van der Waals surface area contributed by atoms with Crippen LogP contribution in [0, 0.1) is 22.3 Å². The molecule has 0 radical (unpaired) electrons. The first kappa shape index (κ1) is 29.8. The molecule has 0 saturated carbocycles. The SMILES string of the molecule is C=C(C)O[Si](C[c-]1cccc1)(OC(=C)C)OC(=C)C.[CH3-].[CH3-].[CH3-].[Pt+4]. The second kappa shape index (κ2) is 13.3. The summed E-state index contributed by atoms with van der Waals surface area (Å²) in [7, 11) is -2.99. The zero-order valence-electron chi connectivity index (χ0n) is 15.2. The van der Waals surface area contributed by atoms with Crippen molar-refractivity contribution in [3.05, 3.63) is 89.1 Å². The van der Waals surface area contributed by atoms with Gasteiger partial charge in [-0.1, -0.05) is 19.7 Å². The van der Waals surface area contributed by atoms with Crippen LogP contribution >= 0.6 is 0 Å². The fourth-order valence-electron chi connectivity index (χ4n) is 1.75. The molecule has 0 aromatic heterocycles. The Morgan fingerprint density at radius 3 is 1.39 bits per heavy atom. The molecular weight excluding hydrogens is 487 g/mol. The van der Waals surface area contributed by atoms with Crippen molar-refractivity contribution in [2.75, 3.05) is 0 Å². The molecule has 0 aliphatic heterocycles. The normalized spacial score (nSPS) is 8.83. The molecule has 134 valence electrons. The predicted molar refractivity (Wildman–Crippen MR) is 98.4 cm³/mol. The van der Waals surface area contributed by atoms with E-state index in [0.29, 0.717) is 23.3 Å². The van der Waals surface area contributed by atoms with E-state index < -0.39 is 8.80 Å². The first-order chi connectivity index (χ1) is 8.83. The Balaban J connectivity index is -0.000000451. The summed E-state index contributed by atoms with van der Waals surface area (Å²) in [4.78, 5) is 0. The van der Waals surface area contributed by atoms with Crippen LogP contribution < -0.4 is 0 Å². The van der Waals surface area contributed by atoms with Gasteiger partial charge < -0.3 is 35.6 Å². The molecule has 0 saturated heterocycles. The van der Waals surface area contributed by atoms with Crippen molar-refractivity contribution in [3.63, 3.8) is 0 Å². The van der Waals surface area contributed by atoms with E-state index in [1.165, 1.54) is 0 Å². The molecule has 0 unspecified atom stereocenters. The molecule has 0 N–H and O–H groups in total. The van der Waals surface area contributed by atoms with Gasteiger partial charge in [-0.15, -0.1) is 5.56 Å². The van der Waals surface area contributed by atoms with Crippen molar-refractivity contribution in [1.29, 1.82) is 0 Å². The molecule has 3 nitrogen and oxygen atoms in total. The van der Waals surface area contributed by atoms with Crippen LogP contribution in [0.1, 0.15) is 26.3 Å². The van der Waals surface area contributed by atoms with Crippen molar-refractivity contribution in [3.8, 4) is 0 Å². The Morgan fingerprint density at radius 2 is 1.13 bits per heavy atom. The first-order valence-corrected chi connectivity index (χ1v) is 8.00. The number of hydrogen-bond acceptors (Lipinski definition) is 3. The van der Waals surface area contributed by atoms with E-state index in [0.717, 1.165) is 5.56 Å². The fourth-order valence-corrected chi connectivity index (χ4v) is 4.42. The molecule has 0 bridgehead atoms. The van der Waals surface area contributed by atoms with E-state index in [1.807, 2.05) is 24.3 Å². The molecule has 1 aromatic rings. The summed E-state index contributed by atoms with van der Waals surface area (Å²) in [5.74, 6) is 1.67. The Kier molecular flexibility index (Phi) is 17.3. The summed E-state index contributed by atoms with van der Waals surface area (Å²) < 4.78 is 17.4. The van der Waals surface area contributed by atoms with E-state index >= 15 is 0 Å². The molecule has 0 heterocycles. The molecular formula is C18H30O3PtSi. The maximum Gasteiger partial charge on any atom is 4.00 e. The predicted octanol–water partition coefficient (Wildman–Crippen LogP) is 5.43. The molecule has 0 atom stereocenters. The standard InChI is InChI=1S/C15H21O3Si.3CH3.Pt/c1-12(2)16-19(17-13(3)4,18-14(5)6)11-15-9-7-8-10-15;;;;/h7-10H,1,3,5,11H2,2,4,6H3;3*1H3;/q4*-1;+4. The van der Waals surface area contributed by atoms with Gasteiger partial charge >= 0.3 is 29.9 Å². The largest absolute Gasteiger partial charge is 4.00 e. The van der Waals surface area contributed by atoms with Crippen LogP contribution in [0.25, 0.3) is 0 Å². The van der Waals surface area contributed by atoms with Crippen LogP contribution in [0.3, 0.4) is 0 Å². The van der Waals surface area contributed by atoms with Crippen molar-refractivity contribution in [2.24, 2.45) is 0 Å². The van der Waals surface area contributed by atoms with Gasteiger partial charge in [0.2, 0.25) is 0 Å². The first-order valence-electron chi connectivity index (χ1n) is 6.07. The summed E-state index contributed by atoms with van der Waals surface area (Å²) in [5, 5.41) is 0. The number of hydrogen-bond donors (Lipinski definition) is 0. The van der Waals surface area contributed by atoms with Gasteiger partial charge in [-0.05, 0) is 20.8 Å². The van der Waals surface area contributed by atoms with Crippen LogP contribution in [0.4, 0.5) is 0 Å². The number of rotatable bonds is 8. The minimum atomic E-state index is -2.99. The molecule has 1 rings (SSSR count). The van der Waals surface area contributed by atoms with Crippen molar-refractivity contribution >= 4 is 8.80 Å². The second-order valence-corrected chi connectivity index (χ2v) is 6.90. The third kappa shape index (κ3) is 11.1. The van der Waals surface area contributed by atoms with Gasteiger partial charge in [-0.25, -0.2) is 12.1 Å². The van der Waals surface area contributed by atoms with E-state index in [9.17, 15) is 0 Å². The van der Waals surface area contributed by atoms with Crippen molar-refractivity contribution < 1.29 is 34.3 Å². The minimum absolute atomic E-state index is 0. The Hall–Kier alpha value is -1.12. The summed E-state index contributed by atoms with van der Waals surface area (Å²) in [5.41, 5.74) is 1.09. The van der Waals surface area contributed by atoms with Crippen LogP contribution in [-0.4, -0.2) is 8.80 Å². The smallest absolute Gasteiger partial charge is 0.489 e. The summed E-state index contributed by atoms with van der Waals surface area (Å²) in [6.45, 7) is 16.7. The van der Waals surface area contributed by atoms with Gasteiger partial charge in [0.15, 0.2) is 0 Å². The maximum absolute atomic E-state index is 5.81.